The molecule has 0 radical (unpaired) electrons. The van der Waals surface area contributed by atoms with Gasteiger partial charge in [-0.05, 0) is 62.6 Å². The average Bonchev–Trinajstić information content (AvgIpc) is 2.68. The van der Waals surface area contributed by atoms with Crippen molar-refractivity contribution < 1.29 is 14.3 Å². The first-order valence-corrected chi connectivity index (χ1v) is 10.1. The van der Waals surface area contributed by atoms with E-state index < -0.39 is 6.04 Å². The molecule has 156 valence electrons. The highest BCUT2D eigenvalue weighted by atomic mass is 35.5. The van der Waals surface area contributed by atoms with Crippen molar-refractivity contribution in [3.8, 4) is 5.75 Å². The Morgan fingerprint density at radius 2 is 1.76 bits per heavy atom. The number of benzene rings is 2. The first-order chi connectivity index (χ1) is 13.6. The Labute approximate surface area is 181 Å². The number of nitrogens with one attached hydrogen (secondary N) is 1. The molecule has 2 amide bonds. The Morgan fingerprint density at radius 1 is 1.14 bits per heavy atom. The van der Waals surface area contributed by atoms with Gasteiger partial charge in [0.1, 0.15) is 11.8 Å². The number of halogens is 2. The number of nitrogens with zero attached hydrogens (tertiary/aromatic N) is 1. The summed E-state index contributed by atoms with van der Waals surface area (Å²) >= 11 is 12.5. The minimum Gasteiger partial charge on any atom is -0.483 e. The Balaban J connectivity index is 2.26. The molecule has 2 rings (SSSR count). The van der Waals surface area contributed by atoms with Crippen LogP contribution in [0.5, 0.6) is 5.75 Å². The van der Waals surface area contributed by atoms with Crippen molar-refractivity contribution in [1.29, 1.82) is 0 Å². The molecule has 0 aromatic heterocycles. The maximum atomic E-state index is 13.0. The van der Waals surface area contributed by atoms with Gasteiger partial charge in [0.15, 0.2) is 6.61 Å². The van der Waals surface area contributed by atoms with Gasteiger partial charge in [0, 0.05) is 29.2 Å². The van der Waals surface area contributed by atoms with Crippen LogP contribution in [0.1, 0.15) is 29.2 Å². The molecule has 7 heteroatoms. The van der Waals surface area contributed by atoms with E-state index in [9.17, 15) is 9.59 Å². The zero-order chi connectivity index (χ0) is 21.7. The Bertz CT molecular complexity index is 895. The van der Waals surface area contributed by atoms with E-state index in [2.05, 4.69) is 11.4 Å². The monoisotopic (exact) mass is 436 g/mol. The van der Waals surface area contributed by atoms with Crippen molar-refractivity contribution in [2.75, 3.05) is 13.7 Å². The minimum absolute atomic E-state index is 0.0983. The first kappa shape index (κ1) is 23.0. The number of hydrogen-bond acceptors (Lipinski definition) is 3. The van der Waals surface area contributed by atoms with E-state index in [0.717, 1.165) is 16.7 Å². The van der Waals surface area contributed by atoms with Crippen molar-refractivity contribution in [3.63, 3.8) is 0 Å². The van der Waals surface area contributed by atoms with Crippen LogP contribution in [0.2, 0.25) is 10.0 Å². The van der Waals surface area contributed by atoms with Crippen LogP contribution in [0.25, 0.3) is 0 Å². The highest BCUT2D eigenvalue weighted by molar-refractivity contribution is 6.36. The largest absolute Gasteiger partial charge is 0.483 e. The number of hydrogen-bond donors (Lipinski definition) is 1. The fraction of sp³-hybridized carbons (Fsp3) is 0.364. The van der Waals surface area contributed by atoms with Gasteiger partial charge in [-0.1, -0.05) is 35.3 Å². The summed E-state index contributed by atoms with van der Waals surface area (Å²) in [6.07, 6.45) is 0. The van der Waals surface area contributed by atoms with Crippen molar-refractivity contribution in [3.05, 3.63) is 62.6 Å². The van der Waals surface area contributed by atoms with Gasteiger partial charge < -0.3 is 15.0 Å². The predicted octanol–water partition coefficient (Wildman–Crippen LogP) is 4.46. The van der Waals surface area contributed by atoms with Crippen molar-refractivity contribution in [1.82, 2.24) is 10.2 Å². The quantitative estimate of drug-likeness (QED) is 0.696. The number of amides is 2. The van der Waals surface area contributed by atoms with Crippen molar-refractivity contribution in [2.45, 2.75) is 40.3 Å². The van der Waals surface area contributed by atoms with Crippen LogP contribution in [-0.4, -0.2) is 36.4 Å². The van der Waals surface area contributed by atoms with E-state index in [4.69, 9.17) is 27.9 Å². The SMILES string of the molecule is CNC(=O)C(C)N(Cc1c(Cl)cccc1Cl)C(=O)COc1cc(C)cc(C)c1C. The number of aryl methyl sites for hydroxylation is 2. The molecule has 1 N–H and O–H groups in total. The Kier molecular flexibility index (Phi) is 7.94. The summed E-state index contributed by atoms with van der Waals surface area (Å²) in [6.45, 7) is 7.47. The molecule has 0 heterocycles. The van der Waals surface area contributed by atoms with Gasteiger partial charge in [-0.3, -0.25) is 9.59 Å². The summed E-state index contributed by atoms with van der Waals surface area (Å²) in [6, 6.07) is 8.37. The average molecular weight is 437 g/mol. The fourth-order valence-corrected chi connectivity index (χ4v) is 3.54. The molecule has 0 bridgehead atoms. The molecular formula is C22H26Cl2N2O3. The number of rotatable bonds is 7. The van der Waals surface area contributed by atoms with Crippen LogP contribution >= 0.6 is 23.2 Å². The summed E-state index contributed by atoms with van der Waals surface area (Å²) < 4.78 is 5.81. The standard InChI is InChI=1S/C22H26Cl2N2O3/c1-13-9-14(2)15(3)20(10-13)29-12-21(27)26(16(4)22(28)25-5)11-17-18(23)7-6-8-19(17)24/h6-10,16H,11-12H2,1-5H3,(H,25,28). The zero-order valence-electron chi connectivity index (χ0n) is 17.3. The van der Waals surface area contributed by atoms with E-state index in [1.165, 1.54) is 11.9 Å². The lowest BCUT2D eigenvalue weighted by atomic mass is 10.1. The molecule has 0 fully saturated rings. The third-order valence-corrected chi connectivity index (χ3v) is 5.63. The van der Waals surface area contributed by atoms with E-state index in [-0.39, 0.29) is 25.0 Å². The van der Waals surface area contributed by atoms with Gasteiger partial charge in [0.05, 0.1) is 0 Å². The summed E-state index contributed by atoms with van der Waals surface area (Å²) in [7, 11) is 1.53. The van der Waals surface area contributed by atoms with E-state index in [1.807, 2.05) is 26.8 Å². The van der Waals surface area contributed by atoms with Gasteiger partial charge in [0.2, 0.25) is 5.91 Å². The summed E-state index contributed by atoms with van der Waals surface area (Å²) in [5.41, 5.74) is 3.70. The Morgan fingerprint density at radius 3 is 2.34 bits per heavy atom. The topological polar surface area (TPSA) is 58.6 Å². The van der Waals surface area contributed by atoms with Crippen LogP contribution in [0.4, 0.5) is 0 Å². The fourth-order valence-electron chi connectivity index (χ4n) is 3.02. The third kappa shape index (κ3) is 5.64. The van der Waals surface area contributed by atoms with Crippen LogP contribution in [0.15, 0.2) is 30.3 Å². The molecular weight excluding hydrogens is 411 g/mol. The first-order valence-electron chi connectivity index (χ1n) is 9.30. The third-order valence-electron chi connectivity index (χ3n) is 4.92. The molecule has 0 aliphatic rings. The van der Waals surface area contributed by atoms with Gasteiger partial charge in [0.25, 0.3) is 5.91 Å². The molecule has 29 heavy (non-hydrogen) atoms. The smallest absolute Gasteiger partial charge is 0.261 e. The zero-order valence-corrected chi connectivity index (χ0v) is 18.8. The molecule has 0 aliphatic heterocycles. The number of carbonyl (C=O) groups excluding carboxylic acids is 2. The van der Waals surface area contributed by atoms with E-state index in [0.29, 0.717) is 21.4 Å². The molecule has 5 nitrogen and oxygen atoms in total. The van der Waals surface area contributed by atoms with Gasteiger partial charge in [-0.15, -0.1) is 0 Å². The second-order valence-corrected chi connectivity index (χ2v) is 7.82. The Hall–Kier alpha value is -2.24. The summed E-state index contributed by atoms with van der Waals surface area (Å²) in [4.78, 5) is 26.7. The molecule has 0 saturated heterocycles. The lowest BCUT2D eigenvalue weighted by Crippen LogP contribution is -2.48. The van der Waals surface area contributed by atoms with Gasteiger partial charge >= 0.3 is 0 Å². The van der Waals surface area contributed by atoms with Gasteiger partial charge in [-0.2, -0.15) is 0 Å². The van der Waals surface area contributed by atoms with E-state index in [1.54, 1.807) is 25.1 Å². The number of carbonyl (C=O) groups is 2. The van der Waals surface area contributed by atoms with E-state index >= 15 is 0 Å². The van der Waals surface area contributed by atoms with Crippen LogP contribution in [-0.2, 0) is 16.1 Å². The molecule has 0 aliphatic carbocycles. The number of ether oxygens (including phenoxy) is 1. The molecule has 2 aromatic carbocycles. The highest BCUT2D eigenvalue weighted by Crippen LogP contribution is 2.27. The van der Waals surface area contributed by atoms with Crippen LogP contribution in [0, 0.1) is 20.8 Å². The lowest BCUT2D eigenvalue weighted by molar-refractivity contribution is -0.142. The second kappa shape index (κ2) is 9.99. The highest BCUT2D eigenvalue weighted by Gasteiger charge is 2.27. The van der Waals surface area contributed by atoms with Crippen LogP contribution in [0.3, 0.4) is 0 Å². The predicted molar refractivity (Wildman–Crippen MR) is 117 cm³/mol. The maximum Gasteiger partial charge on any atom is 0.261 e. The second-order valence-electron chi connectivity index (χ2n) is 7.01. The summed E-state index contributed by atoms with van der Waals surface area (Å²) in [5, 5.41) is 3.44. The molecule has 1 atom stereocenters. The van der Waals surface area contributed by atoms with Crippen molar-refractivity contribution >= 4 is 35.0 Å². The normalized spacial score (nSPS) is 11.7. The van der Waals surface area contributed by atoms with Crippen LogP contribution < -0.4 is 10.1 Å². The molecule has 1 unspecified atom stereocenters. The number of likely N-dealkylation sites (N-methyl/N-ethyl adjacent to an activating group) is 1. The van der Waals surface area contributed by atoms with Gasteiger partial charge in [-0.25, -0.2) is 0 Å². The molecule has 0 saturated carbocycles. The lowest BCUT2D eigenvalue weighted by Gasteiger charge is -2.29. The van der Waals surface area contributed by atoms with Crippen molar-refractivity contribution in [2.24, 2.45) is 0 Å². The minimum atomic E-state index is -0.719. The molecule has 0 spiro atoms. The maximum absolute atomic E-state index is 13.0. The molecule has 2 aromatic rings. The summed E-state index contributed by atoms with van der Waals surface area (Å²) in [5.74, 6) is 0.0268.